The van der Waals surface area contributed by atoms with Crippen LogP contribution in [0.4, 0.5) is 10.9 Å². The normalized spacial score (nSPS) is 20.0. The van der Waals surface area contributed by atoms with E-state index >= 15 is 0 Å². The summed E-state index contributed by atoms with van der Waals surface area (Å²) in [7, 11) is 1.24. The number of carbonyl (C=O) groups is 3. The van der Waals surface area contributed by atoms with Crippen LogP contribution < -0.4 is 16.8 Å². The molecule has 2 unspecified atom stereocenters. The molecule has 2 aliphatic heterocycles. The minimum absolute atomic E-state index is 0.0228. The van der Waals surface area contributed by atoms with Gasteiger partial charge in [-0.3, -0.25) is 14.5 Å². The summed E-state index contributed by atoms with van der Waals surface area (Å²) in [4.78, 5) is 52.9. The Labute approximate surface area is 206 Å². The van der Waals surface area contributed by atoms with Gasteiger partial charge >= 0.3 is 5.97 Å². The summed E-state index contributed by atoms with van der Waals surface area (Å²) >= 11 is 8.20. The van der Waals surface area contributed by atoms with Gasteiger partial charge in [-0.1, -0.05) is 39.9 Å². The lowest BCUT2D eigenvalue weighted by atomic mass is 9.86. The van der Waals surface area contributed by atoms with Gasteiger partial charge in [0.2, 0.25) is 0 Å². The summed E-state index contributed by atoms with van der Waals surface area (Å²) < 4.78 is 0.134. The fourth-order valence-electron chi connectivity index (χ4n) is 3.71. The molecule has 0 aliphatic carbocycles. The standard InChI is InChI=1S/C19H18ClN7O5S2/c1-32-26-12(11-14(20)34-19(22)25-11)16(28)24-10-7-4-5-8(13(18(30)31)27(7)17(10)29)33-9-3-2-6-23-15(9)21/h2-3,6-7,10H,4-5H2,1H3,(H2,21,23)(H2,22,25)(H,24,28)(H,30,31)/b26-12-. The number of amides is 2. The van der Waals surface area contributed by atoms with E-state index < -0.39 is 29.9 Å². The van der Waals surface area contributed by atoms with E-state index in [1.165, 1.54) is 18.2 Å². The van der Waals surface area contributed by atoms with Gasteiger partial charge in [-0.25, -0.2) is 14.8 Å². The first-order valence-electron chi connectivity index (χ1n) is 9.75. The van der Waals surface area contributed by atoms with E-state index in [1.54, 1.807) is 12.1 Å². The third-order valence-corrected chi connectivity index (χ3v) is 7.43. The first-order valence-corrected chi connectivity index (χ1v) is 11.8. The fourth-order valence-corrected chi connectivity index (χ4v) is 5.71. The van der Waals surface area contributed by atoms with Crippen molar-refractivity contribution in [3.8, 4) is 0 Å². The van der Waals surface area contributed by atoms with Crippen molar-refractivity contribution in [2.75, 3.05) is 18.6 Å². The third kappa shape index (κ3) is 4.26. The van der Waals surface area contributed by atoms with Crippen LogP contribution >= 0.6 is 34.7 Å². The number of carboxylic acids is 1. The predicted octanol–water partition coefficient (Wildman–Crippen LogP) is 1.28. The number of nitrogens with one attached hydrogen (secondary N) is 1. The number of aliphatic carboxylic acids is 1. The number of thiazole rings is 1. The number of thioether (sulfide) groups is 1. The predicted molar refractivity (Wildman–Crippen MR) is 126 cm³/mol. The molecule has 34 heavy (non-hydrogen) atoms. The smallest absolute Gasteiger partial charge is 0.353 e. The summed E-state index contributed by atoms with van der Waals surface area (Å²) in [6, 6.07) is 1.92. The van der Waals surface area contributed by atoms with E-state index in [2.05, 4.69) is 20.4 Å². The second-order valence-corrected chi connectivity index (χ2v) is 9.90. The maximum atomic E-state index is 12.9. The van der Waals surface area contributed by atoms with Gasteiger partial charge in [0.15, 0.2) is 10.8 Å². The van der Waals surface area contributed by atoms with Crippen LogP contribution in [0.25, 0.3) is 0 Å². The van der Waals surface area contributed by atoms with E-state index in [0.717, 1.165) is 23.1 Å². The molecule has 0 spiro atoms. The monoisotopic (exact) mass is 523 g/mol. The molecule has 2 aromatic rings. The molecular weight excluding hydrogens is 506 g/mol. The van der Waals surface area contributed by atoms with Crippen molar-refractivity contribution in [3.05, 3.63) is 39.0 Å². The van der Waals surface area contributed by atoms with Gasteiger partial charge in [0, 0.05) is 11.1 Å². The van der Waals surface area contributed by atoms with Gasteiger partial charge in [0.25, 0.3) is 11.8 Å². The molecule has 178 valence electrons. The number of rotatable bonds is 7. The molecule has 1 fully saturated rings. The van der Waals surface area contributed by atoms with Crippen molar-refractivity contribution >= 4 is 69.1 Å². The van der Waals surface area contributed by atoms with Crippen molar-refractivity contribution in [3.63, 3.8) is 0 Å². The summed E-state index contributed by atoms with van der Waals surface area (Å²) in [5.74, 6) is -2.30. The molecule has 12 nitrogen and oxygen atoms in total. The summed E-state index contributed by atoms with van der Waals surface area (Å²) in [6.07, 6.45) is 2.33. The Kier molecular flexibility index (Phi) is 6.63. The van der Waals surface area contributed by atoms with E-state index in [1.807, 2.05) is 0 Å². The molecule has 2 amide bonds. The average molecular weight is 524 g/mol. The van der Waals surface area contributed by atoms with E-state index in [9.17, 15) is 19.5 Å². The van der Waals surface area contributed by atoms with Crippen LogP contribution in [0.1, 0.15) is 18.5 Å². The number of β-lactam (4-membered cyclic amide) rings is 1. The summed E-state index contributed by atoms with van der Waals surface area (Å²) in [6.45, 7) is 0. The maximum Gasteiger partial charge on any atom is 0.353 e. The topological polar surface area (TPSA) is 186 Å². The lowest BCUT2D eigenvalue weighted by molar-refractivity contribution is -0.155. The van der Waals surface area contributed by atoms with Crippen LogP contribution in [0.15, 0.2) is 39.0 Å². The van der Waals surface area contributed by atoms with Crippen LogP contribution in [0.2, 0.25) is 4.34 Å². The highest BCUT2D eigenvalue weighted by molar-refractivity contribution is 8.03. The zero-order valence-corrected chi connectivity index (χ0v) is 19.9. The van der Waals surface area contributed by atoms with Crippen molar-refractivity contribution in [2.24, 2.45) is 5.16 Å². The Morgan fingerprint density at radius 1 is 1.44 bits per heavy atom. The number of allylic oxidation sites excluding steroid dienone is 1. The van der Waals surface area contributed by atoms with E-state index in [0.29, 0.717) is 22.6 Å². The highest BCUT2D eigenvalue weighted by Crippen LogP contribution is 2.44. The molecule has 15 heteroatoms. The first kappa shape index (κ1) is 23.8. The van der Waals surface area contributed by atoms with Gasteiger partial charge in [-0.2, -0.15) is 0 Å². The molecule has 6 N–H and O–H groups in total. The van der Waals surface area contributed by atoms with Gasteiger partial charge in [-0.15, -0.1) is 0 Å². The average Bonchev–Trinajstić information content (AvgIpc) is 3.13. The number of carbonyl (C=O) groups excluding carboxylic acids is 2. The number of hydrogen-bond acceptors (Lipinski definition) is 11. The quantitative estimate of drug-likeness (QED) is 0.234. The zero-order valence-electron chi connectivity index (χ0n) is 17.5. The van der Waals surface area contributed by atoms with Crippen LogP contribution in [0.3, 0.4) is 0 Å². The molecule has 0 bridgehead atoms. The van der Waals surface area contributed by atoms with E-state index in [4.69, 9.17) is 27.9 Å². The van der Waals surface area contributed by atoms with Crippen LogP contribution in [0.5, 0.6) is 0 Å². The molecule has 0 saturated carbocycles. The molecule has 0 radical (unpaired) electrons. The number of nitrogens with zero attached hydrogens (tertiary/aromatic N) is 4. The Balaban J connectivity index is 1.56. The Morgan fingerprint density at radius 3 is 2.82 bits per heavy atom. The lowest BCUT2D eigenvalue weighted by Gasteiger charge is -2.50. The number of oxime groups is 1. The Hall–Kier alpha value is -3.36. The highest BCUT2D eigenvalue weighted by atomic mass is 35.5. The van der Waals surface area contributed by atoms with Crippen molar-refractivity contribution in [1.29, 1.82) is 0 Å². The molecule has 4 heterocycles. The Bertz CT molecular complexity index is 1250. The van der Waals surface area contributed by atoms with Gasteiger partial charge in [0.05, 0.1) is 10.9 Å². The number of pyridine rings is 1. The minimum Gasteiger partial charge on any atom is -0.477 e. The van der Waals surface area contributed by atoms with Crippen LogP contribution in [-0.4, -0.2) is 62.7 Å². The van der Waals surface area contributed by atoms with Crippen LogP contribution in [-0.2, 0) is 19.2 Å². The van der Waals surface area contributed by atoms with Crippen LogP contribution in [0, 0.1) is 0 Å². The number of aromatic nitrogens is 2. The number of nitrogens with two attached hydrogens (primary N) is 2. The van der Waals surface area contributed by atoms with Gasteiger partial charge in [0.1, 0.15) is 34.7 Å². The second-order valence-electron chi connectivity index (χ2n) is 7.13. The third-order valence-electron chi connectivity index (χ3n) is 5.14. The largest absolute Gasteiger partial charge is 0.477 e. The molecule has 2 aliphatic rings. The molecule has 0 aromatic carbocycles. The molecule has 2 atom stereocenters. The maximum absolute atomic E-state index is 12.9. The Morgan fingerprint density at radius 2 is 2.21 bits per heavy atom. The molecular formula is C19H18ClN7O5S2. The fraction of sp³-hybridized carbons (Fsp3) is 0.263. The summed E-state index contributed by atoms with van der Waals surface area (Å²) in [5.41, 5.74) is 11.2. The molecule has 2 aromatic heterocycles. The number of anilines is 2. The second kappa shape index (κ2) is 9.48. The van der Waals surface area contributed by atoms with Gasteiger partial charge < -0.3 is 26.7 Å². The van der Waals surface area contributed by atoms with E-state index in [-0.39, 0.29) is 32.4 Å². The first-order chi connectivity index (χ1) is 16.2. The highest BCUT2D eigenvalue weighted by Gasteiger charge is 2.54. The number of carboxylic acid groups (broad SMARTS) is 1. The van der Waals surface area contributed by atoms with Crippen molar-refractivity contribution in [1.82, 2.24) is 20.2 Å². The minimum atomic E-state index is -1.25. The summed E-state index contributed by atoms with van der Waals surface area (Å²) in [5, 5.41) is 16.2. The zero-order chi connectivity index (χ0) is 24.6. The molecule has 4 rings (SSSR count). The van der Waals surface area contributed by atoms with Crippen molar-refractivity contribution < 1.29 is 24.3 Å². The number of hydrogen-bond donors (Lipinski definition) is 4. The molecule has 1 saturated heterocycles. The van der Waals surface area contributed by atoms with Crippen molar-refractivity contribution in [2.45, 2.75) is 29.8 Å². The number of fused-ring (bicyclic) bond motifs is 1. The van der Waals surface area contributed by atoms with Gasteiger partial charge in [-0.05, 0) is 25.0 Å². The lowest BCUT2D eigenvalue weighted by Crippen LogP contribution is -2.72. The SMILES string of the molecule is CO/N=C(\C(=O)NC1C(=O)N2C(C(=O)O)=C(Sc3cccnc3N)CCC12)c1nc(N)sc1Cl. The number of nitrogen functional groups attached to an aromatic ring is 2. The number of halogens is 1.